The molecule has 0 saturated heterocycles. The van der Waals surface area contributed by atoms with E-state index in [4.69, 9.17) is 4.98 Å². The van der Waals surface area contributed by atoms with Gasteiger partial charge in [0.15, 0.2) is 0 Å². The predicted octanol–water partition coefficient (Wildman–Crippen LogP) is 4.32. The Hall–Kier alpha value is -2.51. The maximum Gasteiger partial charge on any atom is 0.261 e. The van der Waals surface area contributed by atoms with E-state index in [9.17, 15) is 13.7 Å². The third-order valence-electron chi connectivity index (χ3n) is 4.56. The van der Waals surface area contributed by atoms with Crippen LogP contribution in [0.5, 0.6) is 0 Å². The van der Waals surface area contributed by atoms with Gasteiger partial charge in [0.1, 0.15) is 27.8 Å². The number of aryl methyl sites for hydroxylation is 1. The quantitative estimate of drug-likeness (QED) is 0.474. The van der Waals surface area contributed by atoms with Crippen molar-refractivity contribution in [3.63, 3.8) is 0 Å². The van der Waals surface area contributed by atoms with Crippen molar-refractivity contribution in [1.29, 1.82) is 0 Å². The van der Waals surface area contributed by atoms with Crippen LogP contribution < -0.4 is 5.56 Å². The Morgan fingerprint density at radius 3 is 2.41 bits per heavy atom. The Morgan fingerprint density at radius 1 is 1.21 bits per heavy atom. The van der Waals surface area contributed by atoms with Gasteiger partial charge in [0.25, 0.3) is 5.56 Å². The van der Waals surface area contributed by atoms with Crippen molar-refractivity contribution >= 4 is 28.0 Å². The summed E-state index contributed by atoms with van der Waals surface area (Å²) in [6.07, 6.45) is 0. The Balaban J connectivity index is 2.30. The lowest BCUT2D eigenvalue weighted by atomic mass is 10.0. The molecular weight excluding hydrogens is 389 g/mol. The Labute approximate surface area is 172 Å². The predicted molar refractivity (Wildman–Crippen MR) is 117 cm³/mol. The third kappa shape index (κ3) is 4.26. The smallest absolute Gasteiger partial charge is 0.261 e. The van der Waals surface area contributed by atoms with Gasteiger partial charge in [-0.1, -0.05) is 4.40 Å². The van der Waals surface area contributed by atoms with Crippen molar-refractivity contribution in [1.82, 2.24) is 9.55 Å². The average Bonchev–Trinajstić information content (AvgIpc) is 2.64. The molecule has 0 aliphatic heterocycles. The highest BCUT2D eigenvalue weighted by Crippen LogP contribution is 2.24. The normalized spacial score (nSPS) is 13.7. The molecule has 29 heavy (non-hydrogen) atoms. The fourth-order valence-electron chi connectivity index (χ4n) is 2.96. The zero-order chi connectivity index (χ0) is 21.5. The summed E-state index contributed by atoms with van der Waals surface area (Å²) in [6.45, 7) is 9.23. The molecule has 0 fully saturated rings. The lowest BCUT2D eigenvalue weighted by molar-refractivity contribution is 0.561. The van der Waals surface area contributed by atoms with E-state index in [1.54, 1.807) is 32.2 Å². The lowest BCUT2D eigenvalue weighted by Crippen LogP contribution is -2.27. The van der Waals surface area contributed by atoms with Crippen LogP contribution in [0.2, 0.25) is 0 Å². The molecular formula is C22H24FN3O2S. The van der Waals surface area contributed by atoms with Crippen LogP contribution in [-0.4, -0.2) is 24.6 Å². The summed E-state index contributed by atoms with van der Waals surface area (Å²) in [5, 5.41) is 0.462. The largest absolute Gasteiger partial charge is 0.591 e. The van der Waals surface area contributed by atoms with Gasteiger partial charge in [0.05, 0.1) is 16.6 Å². The van der Waals surface area contributed by atoms with Crippen LogP contribution in [-0.2, 0) is 18.4 Å². The molecule has 3 aromatic rings. The van der Waals surface area contributed by atoms with E-state index in [2.05, 4.69) is 4.40 Å². The highest BCUT2D eigenvalue weighted by atomic mass is 32.2. The second-order valence-electron chi connectivity index (χ2n) is 8.05. The van der Waals surface area contributed by atoms with Gasteiger partial charge in [-0.25, -0.2) is 9.37 Å². The lowest BCUT2D eigenvalue weighted by Gasteiger charge is -2.19. The van der Waals surface area contributed by atoms with Crippen molar-refractivity contribution < 1.29 is 8.94 Å². The number of fused-ring (bicyclic) bond motifs is 1. The molecule has 5 nitrogen and oxygen atoms in total. The van der Waals surface area contributed by atoms with Crippen LogP contribution in [0.15, 0.2) is 45.6 Å². The van der Waals surface area contributed by atoms with Crippen LogP contribution in [0.25, 0.3) is 22.3 Å². The van der Waals surface area contributed by atoms with E-state index in [0.29, 0.717) is 33.6 Å². The molecule has 0 radical (unpaired) electrons. The molecule has 1 aromatic heterocycles. The molecule has 1 unspecified atom stereocenters. The number of rotatable bonds is 3. The summed E-state index contributed by atoms with van der Waals surface area (Å²) in [6, 6.07) is 9.53. The van der Waals surface area contributed by atoms with E-state index < -0.39 is 16.1 Å². The average molecular weight is 414 g/mol. The first-order chi connectivity index (χ1) is 13.5. The third-order valence-corrected chi connectivity index (χ3v) is 6.05. The number of nitrogens with zero attached hydrogens (tertiary/aromatic N) is 3. The van der Waals surface area contributed by atoms with Crippen molar-refractivity contribution in [3.8, 4) is 11.4 Å². The molecule has 1 heterocycles. The van der Waals surface area contributed by atoms with Crippen LogP contribution in [0.3, 0.4) is 0 Å². The fraction of sp³-hybridized carbons (Fsp3) is 0.318. The minimum Gasteiger partial charge on any atom is -0.591 e. The second kappa shape index (κ2) is 7.72. The molecule has 1 atom stereocenters. The Bertz CT molecular complexity index is 1160. The molecule has 0 amide bonds. The number of halogens is 1. The number of benzene rings is 2. The van der Waals surface area contributed by atoms with E-state index in [1.165, 1.54) is 16.7 Å². The van der Waals surface area contributed by atoms with E-state index >= 15 is 0 Å². The van der Waals surface area contributed by atoms with Gasteiger partial charge < -0.3 is 4.55 Å². The van der Waals surface area contributed by atoms with Crippen LogP contribution in [0, 0.1) is 12.7 Å². The Morgan fingerprint density at radius 2 is 1.83 bits per heavy atom. The monoisotopic (exact) mass is 413 g/mol. The molecule has 2 aromatic carbocycles. The van der Waals surface area contributed by atoms with Gasteiger partial charge in [-0.3, -0.25) is 9.36 Å². The standard InChI is InChI=1S/C22H24FN3O2S/c1-13-11-17(14(2)25-29(28)22(3,4)5)19-18(12-13)21(27)26(6)20(24-19)15-7-9-16(23)10-8-15/h7-12H,1-6H3. The van der Waals surface area contributed by atoms with Crippen LogP contribution in [0.1, 0.15) is 38.8 Å². The fourth-order valence-corrected chi connectivity index (χ4v) is 3.58. The van der Waals surface area contributed by atoms with Crippen molar-refractivity contribution in [2.75, 3.05) is 0 Å². The first-order valence-corrected chi connectivity index (χ1v) is 10.3. The van der Waals surface area contributed by atoms with Gasteiger partial charge in [-0.15, -0.1) is 0 Å². The molecule has 0 aliphatic rings. The van der Waals surface area contributed by atoms with Gasteiger partial charge in [0, 0.05) is 18.2 Å². The maximum atomic E-state index is 13.3. The minimum atomic E-state index is -1.44. The van der Waals surface area contributed by atoms with E-state index in [-0.39, 0.29) is 11.4 Å². The van der Waals surface area contributed by atoms with Crippen molar-refractivity contribution in [2.45, 2.75) is 39.4 Å². The zero-order valence-corrected chi connectivity index (χ0v) is 18.2. The summed E-state index contributed by atoms with van der Waals surface area (Å²) in [5.41, 5.74) is 3.02. The highest BCUT2D eigenvalue weighted by Gasteiger charge is 2.27. The van der Waals surface area contributed by atoms with Gasteiger partial charge in [0.2, 0.25) is 0 Å². The molecule has 0 aliphatic carbocycles. The molecule has 0 saturated carbocycles. The molecule has 0 bridgehead atoms. The first-order valence-electron chi connectivity index (χ1n) is 9.24. The summed E-state index contributed by atoms with van der Waals surface area (Å²) < 4.78 is 31.2. The van der Waals surface area contributed by atoms with Crippen LogP contribution >= 0.6 is 0 Å². The molecule has 3 rings (SSSR count). The molecule has 0 spiro atoms. The molecule has 152 valence electrons. The van der Waals surface area contributed by atoms with Crippen LogP contribution in [0.4, 0.5) is 4.39 Å². The molecule has 0 N–H and O–H groups in total. The SMILES string of the molecule is CC(=N[S+]([O-])C(C)(C)C)c1cc(C)cc2c(=O)n(C)c(-c3ccc(F)cc3)nc12. The summed E-state index contributed by atoms with van der Waals surface area (Å²) >= 11 is -1.44. The number of hydrogen-bond donors (Lipinski definition) is 0. The summed E-state index contributed by atoms with van der Waals surface area (Å²) in [4.78, 5) is 17.8. The van der Waals surface area contributed by atoms with E-state index in [1.807, 2.05) is 33.8 Å². The van der Waals surface area contributed by atoms with Crippen molar-refractivity contribution in [3.05, 3.63) is 63.7 Å². The topological polar surface area (TPSA) is 70.3 Å². The maximum absolute atomic E-state index is 13.3. The van der Waals surface area contributed by atoms with E-state index in [0.717, 1.165) is 5.56 Å². The summed E-state index contributed by atoms with van der Waals surface area (Å²) in [7, 11) is 1.64. The Kier molecular flexibility index (Phi) is 5.65. The van der Waals surface area contributed by atoms with Gasteiger partial charge in [-0.2, -0.15) is 0 Å². The highest BCUT2D eigenvalue weighted by molar-refractivity contribution is 7.91. The number of aromatic nitrogens is 2. The molecule has 7 heteroatoms. The summed E-state index contributed by atoms with van der Waals surface area (Å²) in [5.74, 6) is 0.0702. The number of hydrogen-bond acceptors (Lipinski definition) is 4. The van der Waals surface area contributed by atoms with Gasteiger partial charge in [-0.05, 0) is 76.6 Å². The zero-order valence-electron chi connectivity index (χ0n) is 17.4. The minimum absolute atomic E-state index is 0.205. The first kappa shape index (κ1) is 21.2. The van der Waals surface area contributed by atoms with Crippen molar-refractivity contribution in [2.24, 2.45) is 11.4 Å². The van der Waals surface area contributed by atoms with Gasteiger partial charge >= 0.3 is 0 Å². The second-order valence-corrected chi connectivity index (χ2v) is 9.96.